The molecule has 0 aliphatic carbocycles. The van der Waals surface area contributed by atoms with Crippen LogP contribution in [0, 0.1) is 6.92 Å². The topological polar surface area (TPSA) is 161 Å². The number of fused-ring (bicyclic) bond motifs is 2. The van der Waals surface area contributed by atoms with Gasteiger partial charge in [0.2, 0.25) is 17.6 Å². The highest BCUT2D eigenvalue weighted by Gasteiger charge is 2.71. The van der Waals surface area contributed by atoms with Gasteiger partial charge in [-0.05, 0) is 88.6 Å². The van der Waals surface area contributed by atoms with Crippen LogP contribution in [0.3, 0.4) is 0 Å². The number of aliphatic hydroxyl groups excluding tert-OH is 3. The van der Waals surface area contributed by atoms with Gasteiger partial charge in [-0.1, -0.05) is 36.4 Å². The molecule has 6 atom stereocenters. The smallest absolute Gasteiger partial charge is 0.245 e. The average Bonchev–Trinajstić information content (AvgIpc) is 3.64. The predicted octanol–water partition coefficient (Wildman–Crippen LogP) is 1.77. The molecule has 3 aliphatic heterocycles. The Morgan fingerprint density at radius 2 is 1.73 bits per heavy atom. The lowest BCUT2D eigenvalue weighted by Gasteiger charge is -2.50. The largest absolute Gasteiger partial charge is 0.387 e. The molecule has 2 bridgehead atoms. The summed E-state index contributed by atoms with van der Waals surface area (Å²) in [5.41, 5.74) is 0.285. The van der Waals surface area contributed by atoms with Crippen molar-refractivity contribution < 1.29 is 43.9 Å². The van der Waals surface area contributed by atoms with Gasteiger partial charge in [-0.15, -0.1) is 0 Å². The summed E-state index contributed by atoms with van der Waals surface area (Å²) in [6, 6.07) is 13.6. The van der Waals surface area contributed by atoms with E-state index in [1.807, 2.05) is 48.2 Å². The highest BCUT2D eigenvalue weighted by Crippen LogP contribution is 2.53. The van der Waals surface area contributed by atoms with E-state index in [-0.39, 0.29) is 24.8 Å². The molecule has 11 nitrogen and oxygen atoms in total. The van der Waals surface area contributed by atoms with Crippen molar-refractivity contribution >= 4 is 11.8 Å². The van der Waals surface area contributed by atoms with Crippen LogP contribution in [0.1, 0.15) is 74.8 Å². The van der Waals surface area contributed by atoms with Gasteiger partial charge in [0.15, 0.2) is 5.60 Å². The lowest BCUT2D eigenvalue weighted by Crippen LogP contribution is -2.70. The molecule has 3 fully saturated rings. The first kappa shape index (κ1) is 37.3. The maximum Gasteiger partial charge on any atom is 0.245 e. The van der Waals surface area contributed by atoms with Gasteiger partial charge in [0.1, 0.15) is 30.0 Å². The summed E-state index contributed by atoms with van der Waals surface area (Å²) in [7, 11) is 0. The standard InChI is InChI=1S/C37H52FN3O8/c1-23-9-14-27(37-32(45)30(43)31(44)36(49-37,22-48-37)35(4,5)47)20-26(23)19-25-12-10-24(11-13-25)7-6-8-29(42)40-34(2,3)33(46)39-16-18-41-17-15-28(38)21-41/h9-14,20,28,30-32,43-45,47H,6-8,15-19,21-22H2,1-5H3,(H,39,46)(H,40,42)/t28-,30+,31+,32-,36+,37+/m1/s1. The number of aliphatic hydroxyl groups is 4. The molecule has 6 N–H and O–H groups in total. The van der Waals surface area contributed by atoms with Crippen LogP contribution in [-0.2, 0) is 37.7 Å². The average molecular weight is 686 g/mol. The molecule has 3 aliphatic rings. The van der Waals surface area contributed by atoms with E-state index in [4.69, 9.17) is 9.47 Å². The molecule has 5 rings (SSSR count). The number of hydrogen-bond donors (Lipinski definition) is 6. The quantitative estimate of drug-likeness (QED) is 0.185. The van der Waals surface area contributed by atoms with E-state index in [1.54, 1.807) is 19.9 Å². The van der Waals surface area contributed by atoms with Crippen LogP contribution in [0.25, 0.3) is 0 Å². The van der Waals surface area contributed by atoms with Gasteiger partial charge in [0.25, 0.3) is 0 Å². The number of ether oxygens (including phenoxy) is 2. The Hall–Kier alpha value is -2.97. The van der Waals surface area contributed by atoms with Crippen LogP contribution in [0.15, 0.2) is 42.5 Å². The molecule has 0 radical (unpaired) electrons. The first-order valence-electron chi connectivity index (χ1n) is 17.2. The molecule has 49 heavy (non-hydrogen) atoms. The summed E-state index contributed by atoms with van der Waals surface area (Å²) in [6.45, 7) is 10.1. The highest BCUT2D eigenvalue weighted by molar-refractivity contribution is 5.90. The molecule has 12 heteroatoms. The van der Waals surface area contributed by atoms with Gasteiger partial charge >= 0.3 is 0 Å². The molecular weight excluding hydrogens is 633 g/mol. The lowest BCUT2D eigenvalue weighted by atomic mass is 9.75. The molecule has 0 saturated carbocycles. The summed E-state index contributed by atoms with van der Waals surface area (Å²) in [6.07, 6.45) is -2.87. The van der Waals surface area contributed by atoms with Crippen molar-refractivity contribution in [3.8, 4) is 0 Å². The number of hydrogen-bond acceptors (Lipinski definition) is 9. The molecule has 3 heterocycles. The fourth-order valence-electron chi connectivity index (χ4n) is 7.07. The summed E-state index contributed by atoms with van der Waals surface area (Å²) < 4.78 is 25.6. The number of amides is 2. The van der Waals surface area contributed by atoms with E-state index < -0.39 is 47.0 Å². The minimum atomic E-state index is -1.76. The summed E-state index contributed by atoms with van der Waals surface area (Å²) in [4.78, 5) is 27.3. The monoisotopic (exact) mass is 685 g/mol. The summed E-state index contributed by atoms with van der Waals surface area (Å²) in [5.74, 6) is -2.23. The van der Waals surface area contributed by atoms with Crippen LogP contribution < -0.4 is 10.6 Å². The maximum absolute atomic E-state index is 13.4. The second-order valence-electron chi connectivity index (χ2n) is 15.0. The Kier molecular flexibility index (Phi) is 10.9. The molecule has 2 aromatic rings. The van der Waals surface area contributed by atoms with E-state index in [0.29, 0.717) is 57.4 Å². The van der Waals surface area contributed by atoms with Crippen molar-refractivity contribution in [2.75, 3.05) is 32.8 Å². The zero-order valence-corrected chi connectivity index (χ0v) is 29.2. The van der Waals surface area contributed by atoms with Crippen LogP contribution in [0.5, 0.6) is 0 Å². The third-order valence-corrected chi connectivity index (χ3v) is 10.4. The Labute approximate surface area is 287 Å². The summed E-state index contributed by atoms with van der Waals surface area (Å²) >= 11 is 0. The van der Waals surface area contributed by atoms with Crippen molar-refractivity contribution in [2.45, 2.75) is 114 Å². The number of carbonyl (C=O) groups is 2. The molecule has 2 amide bonds. The van der Waals surface area contributed by atoms with Crippen molar-refractivity contribution in [1.29, 1.82) is 0 Å². The van der Waals surface area contributed by atoms with E-state index in [2.05, 4.69) is 10.6 Å². The number of alkyl halides is 1. The van der Waals surface area contributed by atoms with E-state index in [1.165, 1.54) is 13.8 Å². The SMILES string of the molecule is Cc1ccc([C@]23OC[C@](C(C)(C)O)(O2)[C@@H](O)[C@H](O)[C@H]3O)cc1Cc1ccc(CCCC(=O)NC(C)(C)C(=O)NCCN2CC[C@@H](F)C2)cc1. The van der Waals surface area contributed by atoms with Crippen LogP contribution in [-0.4, -0.2) is 111 Å². The predicted molar refractivity (Wildman–Crippen MR) is 180 cm³/mol. The molecule has 270 valence electrons. The number of carbonyl (C=O) groups excluding carboxylic acids is 2. The number of nitrogens with zero attached hydrogens (tertiary/aromatic N) is 1. The molecule has 2 aromatic carbocycles. The zero-order valence-electron chi connectivity index (χ0n) is 29.2. The van der Waals surface area contributed by atoms with Gasteiger partial charge < -0.3 is 40.5 Å². The Morgan fingerprint density at radius 1 is 1.04 bits per heavy atom. The zero-order chi connectivity index (χ0) is 35.8. The fraction of sp³-hybridized carbons (Fsp3) is 0.622. The summed E-state index contributed by atoms with van der Waals surface area (Å²) in [5, 5.41) is 49.2. The number of nitrogens with one attached hydrogen (secondary N) is 2. The minimum absolute atomic E-state index is 0.202. The highest BCUT2D eigenvalue weighted by atomic mass is 19.1. The minimum Gasteiger partial charge on any atom is -0.387 e. The van der Waals surface area contributed by atoms with Gasteiger partial charge in [0.05, 0.1) is 12.2 Å². The first-order valence-corrected chi connectivity index (χ1v) is 17.2. The Bertz CT molecular complexity index is 1500. The molecule has 0 spiro atoms. The van der Waals surface area contributed by atoms with E-state index in [0.717, 1.165) is 22.3 Å². The van der Waals surface area contributed by atoms with Crippen molar-refractivity contribution in [2.24, 2.45) is 0 Å². The van der Waals surface area contributed by atoms with Crippen LogP contribution in [0.4, 0.5) is 4.39 Å². The molecule has 0 unspecified atom stereocenters. The number of aryl methyl sites for hydroxylation is 2. The first-order chi connectivity index (χ1) is 23.0. The second kappa shape index (κ2) is 14.3. The van der Waals surface area contributed by atoms with Crippen molar-refractivity contribution in [3.63, 3.8) is 0 Å². The maximum atomic E-state index is 13.4. The number of likely N-dealkylation sites (tertiary alicyclic amines) is 1. The normalized spacial score (nSPS) is 28.9. The fourth-order valence-corrected chi connectivity index (χ4v) is 7.07. The third-order valence-electron chi connectivity index (χ3n) is 10.4. The number of benzene rings is 2. The lowest BCUT2D eigenvalue weighted by molar-refractivity contribution is -0.348. The molecule has 3 saturated heterocycles. The van der Waals surface area contributed by atoms with Crippen LogP contribution >= 0.6 is 0 Å². The van der Waals surface area contributed by atoms with Crippen LogP contribution in [0.2, 0.25) is 0 Å². The van der Waals surface area contributed by atoms with E-state index in [9.17, 15) is 34.4 Å². The third kappa shape index (κ3) is 7.70. The number of halogens is 1. The number of rotatable bonds is 13. The van der Waals surface area contributed by atoms with Crippen molar-refractivity contribution in [3.05, 3.63) is 70.3 Å². The van der Waals surface area contributed by atoms with Gasteiger partial charge in [0, 0.05) is 38.2 Å². The van der Waals surface area contributed by atoms with Gasteiger partial charge in [-0.25, -0.2) is 4.39 Å². The van der Waals surface area contributed by atoms with Crippen molar-refractivity contribution in [1.82, 2.24) is 15.5 Å². The molecule has 0 aromatic heterocycles. The Balaban J connectivity index is 1.13. The van der Waals surface area contributed by atoms with Gasteiger partial charge in [-0.2, -0.15) is 0 Å². The molecular formula is C37H52FN3O8. The van der Waals surface area contributed by atoms with Gasteiger partial charge in [-0.3, -0.25) is 14.5 Å². The Morgan fingerprint density at radius 3 is 2.39 bits per heavy atom. The second-order valence-corrected chi connectivity index (χ2v) is 15.0. The van der Waals surface area contributed by atoms with E-state index >= 15 is 0 Å².